The summed E-state index contributed by atoms with van der Waals surface area (Å²) in [6, 6.07) is 14.1. The number of morpholine rings is 1. The number of anilines is 1. The van der Waals surface area contributed by atoms with Crippen molar-refractivity contribution in [3.8, 4) is 11.4 Å². The highest BCUT2D eigenvalue weighted by molar-refractivity contribution is 5.88. The highest BCUT2D eigenvalue weighted by atomic mass is 16.5. The predicted octanol–water partition coefficient (Wildman–Crippen LogP) is 3.67. The molecule has 1 aromatic carbocycles. The molecule has 0 spiro atoms. The fraction of sp³-hybridized carbons (Fsp3) is 0.304. The molecule has 5 rings (SSSR count). The van der Waals surface area contributed by atoms with Crippen LogP contribution in [-0.2, 0) is 17.6 Å². The molecule has 0 radical (unpaired) electrons. The molecule has 152 valence electrons. The van der Waals surface area contributed by atoms with Crippen molar-refractivity contribution in [1.82, 2.24) is 20.1 Å². The summed E-state index contributed by atoms with van der Waals surface area (Å²) < 4.78 is 10.9. The maximum absolute atomic E-state index is 5.52. The van der Waals surface area contributed by atoms with Gasteiger partial charge in [-0.05, 0) is 11.6 Å². The van der Waals surface area contributed by atoms with Crippen LogP contribution in [0, 0.1) is 0 Å². The minimum Gasteiger partial charge on any atom is -0.378 e. The molecule has 0 unspecified atom stereocenters. The highest BCUT2D eigenvalue weighted by Gasteiger charge is 2.19. The molecule has 0 bridgehead atoms. The van der Waals surface area contributed by atoms with Crippen LogP contribution < -0.4 is 4.90 Å². The van der Waals surface area contributed by atoms with Gasteiger partial charge in [0, 0.05) is 43.8 Å². The van der Waals surface area contributed by atoms with Crippen molar-refractivity contribution in [2.24, 2.45) is 0 Å². The van der Waals surface area contributed by atoms with Gasteiger partial charge < -0.3 is 14.2 Å². The molecule has 1 aliphatic heterocycles. The lowest BCUT2D eigenvalue weighted by Gasteiger charge is -2.28. The Morgan fingerprint density at radius 1 is 1.03 bits per heavy atom. The third kappa shape index (κ3) is 3.76. The van der Waals surface area contributed by atoms with E-state index in [1.165, 1.54) is 0 Å². The normalized spacial score (nSPS) is 14.4. The average Bonchev–Trinajstić information content (AvgIpc) is 3.27. The van der Waals surface area contributed by atoms with E-state index in [0.717, 1.165) is 58.9 Å². The van der Waals surface area contributed by atoms with Gasteiger partial charge in [0.2, 0.25) is 0 Å². The fourth-order valence-electron chi connectivity index (χ4n) is 3.67. The van der Waals surface area contributed by atoms with Gasteiger partial charge in [0.05, 0.1) is 24.4 Å². The van der Waals surface area contributed by atoms with Gasteiger partial charge in [0.25, 0.3) is 0 Å². The lowest BCUT2D eigenvalue weighted by molar-refractivity contribution is 0.122. The van der Waals surface area contributed by atoms with Gasteiger partial charge in [-0.1, -0.05) is 42.4 Å². The number of hydrogen-bond donors (Lipinski definition) is 0. The van der Waals surface area contributed by atoms with Crippen LogP contribution in [0.25, 0.3) is 22.4 Å². The van der Waals surface area contributed by atoms with Crippen LogP contribution in [-0.4, -0.2) is 46.4 Å². The van der Waals surface area contributed by atoms with Crippen molar-refractivity contribution in [2.45, 2.75) is 19.8 Å². The first-order valence-electron chi connectivity index (χ1n) is 10.3. The summed E-state index contributed by atoms with van der Waals surface area (Å²) in [5.74, 6) is 2.46. The second-order valence-corrected chi connectivity index (χ2v) is 7.36. The van der Waals surface area contributed by atoms with E-state index in [9.17, 15) is 0 Å². The zero-order valence-electron chi connectivity index (χ0n) is 16.9. The third-order valence-corrected chi connectivity index (χ3v) is 5.26. The van der Waals surface area contributed by atoms with Gasteiger partial charge in [0.15, 0.2) is 11.6 Å². The van der Waals surface area contributed by atoms with Gasteiger partial charge >= 0.3 is 0 Å². The minimum absolute atomic E-state index is 0.657. The summed E-state index contributed by atoms with van der Waals surface area (Å²) in [5.41, 5.74) is 4.59. The second kappa shape index (κ2) is 8.20. The van der Waals surface area contributed by atoms with Crippen molar-refractivity contribution in [1.29, 1.82) is 0 Å². The van der Waals surface area contributed by atoms with E-state index in [0.29, 0.717) is 25.5 Å². The van der Waals surface area contributed by atoms with Crippen molar-refractivity contribution in [2.75, 3.05) is 31.2 Å². The molecule has 30 heavy (non-hydrogen) atoms. The minimum atomic E-state index is 0.657. The molecular weight excluding hydrogens is 378 g/mol. The molecule has 0 atom stereocenters. The maximum atomic E-state index is 5.52. The van der Waals surface area contributed by atoms with Crippen molar-refractivity contribution in [3.63, 3.8) is 0 Å². The Morgan fingerprint density at radius 2 is 1.87 bits per heavy atom. The summed E-state index contributed by atoms with van der Waals surface area (Å²) in [7, 11) is 0. The average molecular weight is 401 g/mol. The number of nitrogens with zero attached hydrogens (tertiary/aromatic N) is 5. The maximum Gasteiger partial charge on any atom is 0.162 e. The van der Waals surface area contributed by atoms with Gasteiger partial charge in [-0.2, -0.15) is 0 Å². The number of benzene rings is 1. The van der Waals surface area contributed by atoms with Crippen LogP contribution in [0.5, 0.6) is 0 Å². The predicted molar refractivity (Wildman–Crippen MR) is 114 cm³/mol. The standard InChI is InChI=1S/C23H23N5O2/c1-2-19-14-18(27-30-19)12-16-13-20-21(24-15-16)23(28-8-10-29-11-9-28)26-22(25-20)17-6-4-3-5-7-17/h3-7,13-15H,2,8-12H2,1H3. The topological polar surface area (TPSA) is 77.2 Å². The Hall–Kier alpha value is -3.32. The number of fused-ring (bicyclic) bond motifs is 1. The smallest absolute Gasteiger partial charge is 0.162 e. The molecule has 1 aliphatic rings. The molecule has 1 saturated heterocycles. The molecule has 3 aromatic heterocycles. The number of ether oxygens (including phenoxy) is 1. The van der Waals surface area contributed by atoms with Crippen LogP contribution in [0.3, 0.4) is 0 Å². The van der Waals surface area contributed by atoms with Gasteiger partial charge in [-0.25, -0.2) is 9.97 Å². The molecule has 0 N–H and O–H groups in total. The number of aromatic nitrogens is 4. The van der Waals surface area contributed by atoms with Crippen LogP contribution in [0.15, 0.2) is 53.2 Å². The lowest BCUT2D eigenvalue weighted by atomic mass is 10.1. The van der Waals surface area contributed by atoms with Crippen LogP contribution in [0.4, 0.5) is 5.82 Å². The van der Waals surface area contributed by atoms with E-state index in [4.69, 9.17) is 24.2 Å². The lowest BCUT2D eigenvalue weighted by Crippen LogP contribution is -2.37. The van der Waals surface area contributed by atoms with Crippen molar-refractivity contribution in [3.05, 3.63) is 65.7 Å². The van der Waals surface area contributed by atoms with E-state index in [-0.39, 0.29) is 0 Å². The van der Waals surface area contributed by atoms with Crippen molar-refractivity contribution < 1.29 is 9.26 Å². The van der Waals surface area contributed by atoms with E-state index in [2.05, 4.69) is 23.0 Å². The molecule has 0 amide bonds. The number of aryl methyl sites for hydroxylation is 1. The molecule has 7 heteroatoms. The van der Waals surface area contributed by atoms with E-state index in [1.54, 1.807) is 0 Å². The summed E-state index contributed by atoms with van der Waals surface area (Å²) in [5, 5.41) is 4.16. The first-order valence-corrected chi connectivity index (χ1v) is 10.3. The molecule has 0 aliphatic carbocycles. The Balaban J connectivity index is 1.58. The summed E-state index contributed by atoms with van der Waals surface area (Å²) in [4.78, 5) is 16.7. The van der Waals surface area contributed by atoms with Crippen LogP contribution >= 0.6 is 0 Å². The van der Waals surface area contributed by atoms with E-state index < -0.39 is 0 Å². The Kier molecular flexibility index (Phi) is 5.11. The largest absolute Gasteiger partial charge is 0.378 e. The fourth-order valence-corrected chi connectivity index (χ4v) is 3.67. The van der Waals surface area contributed by atoms with Crippen molar-refractivity contribution >= 4 is 16.9 Å². The monoisotopic (exact) mass is 401 g/mol. The van der Waals surface area contributed by atoms with Gasteiger partial charge in [0.1, 0.15) is 11.3 Å². The molecule has 7 nitrogen and oxygen atoms in total. The summed E-state index contributed by atoms with van der Waals surface area (Å²) in [6.07, 6.45) is 3.38. The number of hydrogen-bond acceptors (Lipinski definition) is 7. The van der Waals surface area contributed by atoms with E-state index >= 15 is 0 Å². The zero-order chi connectivity index (χ0) is 20.3. The van der Waals surface area contributed by atoms with Crippen LogP contribution in [0.2, 0.25) is 0 Å². The molecule has 4 aromatic rings. The second-order valence-electron chi connectivity index (χ2n) is 7.36. The zero-order valence-corrected chi connectivity index (χ0v) is 16.9. The summed E-state index contributed by atoms with van der Waals surface area (Å²) >= 11 is 0. The Bertz CT molecular complexity index is 1150. The van der Waals surface area contributed by atoms with Gasteiger partial charge in [-0.3, -0.25) is 4.98 Å². The molecule has 1 fully saturated rings. The Morgan fingerprint density at radius 3 is 2.63 bits per heavy atom. The number of pyridine rings is 1. The SMILES string of the molecule is CCc1cc(Cc2cnc3c(N4CCOCC4)nc(-c4ccccc4)nc3c2)no1. The first-order chi connectivity index (χ1) is 14.8. The van der Waals surface area contributed by atoms with Gasteiger partial charge in [-0.15, -0.1) is 0 Å². The highest BCUT2D eigenvalue weighted by Crippen LogP contribution is 2.27. The quantitative estimate of drug-likeness (QED) is 0.505. The molecule has 4 heterocycles. The first kappa shape index (κ1) is 18.7. The third-order valence-electron chi connectivity index (χ3n) is 5.26. The Labute approximate surface area is 174 Å². The molecule has 0 saturated carbocycles. The summed E-state index contributed by atoms with van der Waals surface area (Å²) in [6.45, 7) is 5.02. The van der Waals surface area contributed by atoms with E-state index in [1.807, 2.05) is 42.6 Å². The number of rotatable bonds is 5. The van der Waals surface area contributed by atoms with Crippen LogP contribution in [0.1, 0.15) is 23.9 Å². The molecular formula is C23H23N5O2.